The molecule has 36 heavy (non-hydrogen) atoms. The Labute approximate surface area is 217 Å². The van der Waals surface area contributed by atoms with Crippen molar-refractivity contribution in [3.8, 4) is 5.75 Å². The van der Waals surface area contributed by atoms with E-state index in [1.165, 1.54) is 6.20 Å². The average molecular weight is 532 g/mol. The third kappa shape index (κ3) is 6.28. The molecule has 0 bridgehead atoms. The molecule has 3 N–H and O–H groups in total. The Bertz CT molecular complexity index is 1270. The van der Waals surface area contributed by atoms with E-state index < -0.39 is 10.9 Å². The summed E-state index contributed by atoms with van der Waals surface area (Å²) in [6.45, 7) is 1.98. The maximum absolute atomic E-state index is 11.1. The molecule has 10 nitrogen and oxygen atoms in total. The first-order valence-electron chi connectivity index (χ1n) is 11.5. The monoisotopic (exact) mass is 531 g/mol. The molecule has 2 heterocycles. The van der Waals surface area contributed by atoms with Gasteiger partial charge in [0.25, 0.3) is 0 Å². The van der Waals surface area contributed by atoms with Crippen LogP contribution in [0.3, 0.4) is 0 Å². The van der Waals surface area contributed by atoms with Crippen LogP contribution >= 0.6 is 11.6 Å². The van der Waals surface area contributed by atoms with Gasteiger partial charge in [0.1, 0.15) is 10.8 Å². The molecule has 0 radical (unpaired) electrons. The number of rotatable bonds is 9. The summed E-state index contributed by atoms with van der Waals surface area (Å²) in [5, 5.41) is 6.55. The van der Waals surface area contributed by atoms with Crippen molar-refractivity contribution in [2.45, 2.75) is 18.9 Å². The van der Waals surface area contributed by atoms with E-state index >= 15 is 0 Å². The van der Waals surface area contributed by atoms with Crippen LogP contribution < -0.4 is 25.0 Å². The molecule has 0 atom stereocenters. The molecular weight excluding hydrogens is 502 g/mol. The Morgan fingerprint density at radius 1 is 1.06 bits per heavy atom. The highest BCUT2D eigenvalue weighted by Gasteiger charge is 2.21. The first-order chi connectivity index (χ1) is 17.3. The first kappa shape index (κ1) is 25.8. The fourth-order valence-electron chi connectivity index (χ4n) is 4.17. The molecule has 4 rings (SSSR count). The maximum atomic E-state index is 11.1. The van der Waals surface area contributed by atoms with Crippen molar-refractivity contribution < 1.29 is 13.2 Å². The summed E-state index contributed by atoms with van der Waals surface area (Å²) in [7, 11) is 3.07. The van der Waals surface area contributed by atoms with Gasteiger partial charge in [-0.1, -0.05) is 23.7 Å². The number of thiol groups is 1. The summed E-state index contributed by atoms with van der Waals surface area (Å²) >= 11 is 6.31. The van der Waals surface area contributed by atoms with Gasteiger partial charge in [-0.2, -0.15) is 4.98 Å². The zero-order valence-electron chi connectivity index (χ0n) is 20.4. The Morgan fingerprint density at radius 2 is 1.78 bits per heavy atom. The highest BCUT2D eigenvalue weighted by molar-refractivity contribution is 7.73. The molecule has 12 heteroatoms. The van der Waals surface area contributed by atoms with E-state index in [1.54, 1.807) is 31.4 Å². The fraction of sp³-hybridized carbons (Fsp3) is 0.333. The highest BCUT2D eigenvalue weighted by Crippen LogP contribution is 2.34. The smallest absolute Gasteiger partial charge is 0.229 e. The molecule has 1 fully saturated rings. The minimum atomic E-state index is -2.82. The molecule has 1 aromatic heterocycles. The van der Waals surface area contributed by atoms with E-state index in [-0.39, 0.29) is 5.02 Å². The number of ether oxygens (including phenoxy) is 1. The van der Waals surface area contributed by atoms with Crippen molar-refractivity contribution >= 4 is 57.0 Å². The van der Waals surface area contributed by atoms with Crippen molar-refractivity contribution in [2.75, 3.05) is 54.6 Å². The number of piperidine rings is 1. The lowest BCUT2D eigenvalue weighted by Gasteiger charge is -2.36. The van der Waals surface area contributed by atoms with E-state index in [9.17, 15) is 8.42 Å². The van der Waals surface area contributed by atoms with Gasteiger partial charge < -0.3 is 25.2 Å². The topological polar surface area (TPSA) is 112 Å². The number of hydrogen-bond donors (Lipinski definition) is 4. The number of nitrogens with one attached hydrogen (secondary N) is 3. The summed E-state index contributed by atoms with van der Waals surface area (Å²) in [6.07, 6.45) is 3.71. The number of benzene rings is 2. The fourth-order valence-corrected chi connectivity index (χ4v) is 4.70. The number of para-hydroxylation sites is 2. The molecule has 0 amide bonds. The number of nitrogens with zero attached hydrogens (tertiary/aromatic N) is 4. The van der Waals surface area contributed by atoms with Gasteiger partial charge in [0, 0.05) is 30.9 Å². The van der Waals surface area contributed by atoms with Crippen molar-refractivity contribution in [1.82, 2.24) is 14.9 Å². The van der Waals surface area contributed by atoms with Crippen LogP contribution in [-0.4, -0.2) is 63.6 Å². The van der Waals surface area contributed by atoms with Gasteiger partial charge in [0.05, 0.1) is 30.4 Å². The molecule has 0 aliphatic carbocycles. The minimum absolute atomic E-state index is 0.283. The SMILES string of the molecule is COc1cc(N2CCC(N(C)C)CC2)ccc1Nc1ncc(Cl)c(Nc2ccccc2N[SH](=O)=O)n1. The van der Waals surface area contributed by atoms with Crippen molar-refractivity contribution in [3.05, 3.63) is 53.7 Å². The van der Waals surface area contributed by atoms with E-state index in [0.717, 1.165) is 31.6 Å². The molecule has 1 saturated heterocycles. The van der Waals surface area contributed by atoms with Crippen molar-refractivity contribution in [2.24, 2.45) is 0 Å². The van der Waals surface area contributed by atoms with Crippen LogP contribution in [0.5, 0.6) is 5.75 Å². The minimum Gasteiger partial charge on any atom is -0.494 e. The van der Waals surface area contributed by atoms with Crippen LogP contribution in [0, 0.1) is 0 Å². The molecule has 1 aliphatic rings. The predicted octanol–water partition coefficient (Wildman–Crippen LogP) is 4.09. The number of hydrogen-bond acceptors (Lipinski definition) is 9. The summed E-state index contributed by atoms with van der Waals surface area (Å²) in [4.78, 5) is 13.4. The summed E-state index contributed by atoms with van der Waals surface area (Å²) in [6, 6.07) is 13.5. The van der Waals surface area contributed by atoms with Crippen LogP contribution in [0.4, 0.5) is 34.5 Å². The zero-order chi connectivity index (χ0) is 25.7. The number of halogens is 1. The highest BCUT2D eigenvalue weighted by atomic mass is 35.5. The van der Waals surface area contributed by atoms with E-state index in [0.29, 0.717) is 40.6 Å². The molecule has 1 aliphatic heterocycles. The molecule has 3 aromatic rings. The van der Waals surface area contributed by atoms with Gasteiger partial charge in [-0.3, -0.25) is 4.72 Å². The Hall–Kier alpha value is -3.28. The maximum Gasteiger partial charge on any atom is 0.229 e. The molecule has 0 spiro atoms. The number of methoxy groups -OCH3 is 1. The van der Waals surface area contributed by atoms with Gasteiger partial charge in [-0.05, 0) is 51.2 Å². The molecular formula is C24H30ClN7O3S. The van der Waals surface area contributed by atoms with Gasteiger partial charge >= 0.3 is 0 Å². The number of anilines is 6. The average Bonchev–Trinajstić information content (AvgIpc) is 2.87. The normalized spacial score (nSPS) is 14.2. The van der Waals surface area contributed by atoms with E-state index in [1.807, 2.05) is 12.1 Å². The van der Waals surface area contributed by atoms with Gasteiger partial charge in [-0.15, -0.1) is 0 Å². The summed E-state index contributed by atoms with van der Waals surface area (Å²) < 4.78 is 30.3. The second-order valence-corrected chi connectivity index (χ2v) is 9.77. The second kappa shape index (κ2) is 11.6. The zero-order valence-corrected chi connectivity index (χ0v) is 22.0. The Kier molecular flexibility index (Phi) is 8.34. The van der Waals surface area contributed by atoms with Crippen molar-refractivity contribution in [1.29, 1.82) is 0 Å². The Morgan fingerprint density at radius 3 is 2.44 bits per heavy atom. The largest absolute Gasteiger partial charge is 0.494 e. The lowest BCUT2D eigenvalue weighted by Crippen LogP contribution is -2.41. The van der Waals surface area contributed by atoms with Crippen LogP contribution in [0.25, 0.3) is 0 Å². The van der Waals surface area contributed by atoms with Gasteiger partial charge in [0.2, 0.25) is 16.8 Å². The van der Waals surface area contributed by atoms with E-state index in [2.05, 4.69) is 55.3 Å². The third-order valence-corrected chi connectivity index (χ3v) is 6.83. The second-order valence-electron chi connectivity index (χ2n) is 8.62. The first-order valence-corrected chi connectivity index (χ1v) is 13.1. The third-order valence-electron chi connectivity index (χ3n) is 6.13. The molecule has 192 valence electrons. The van der Waals surface area contributed by atoms with E-state index in [4.69, 9.17) is 16.3 Å². The van der Waals surface area contributed by atoms with Crippen LogP contribution in [0.1, 0.15) is 12.8 Å². The lowest BCUT2D eigenvalue weighted by atomic mass is 10.0. The molecule has 0 unspecified atom stereocenters. The van der Waals surface area contributed by atoms with Crippen LogP contribution in [0.2, 0.25) is 5.02 Å². The van der Waals surface area contributed by atoms with Crippen molar-refractivity contribution in [3.63, 3.8) is 0 Å². The summed E-state index contributed by atoms with van der Waals surface area (Å²) in [5.74, 6) is 1.30. The standard InChI is InChI=1S/C24H30ClN7O3S/c1-31(2)16-10-12-32(13-11-16)17-8-9-21(22(14-17)35-3)28-24-26-15-18(25)23(29-24)27-19-6-4-5-7-20(19)30-36(33)34/h4-9,14-16,36H,10-13H2,1-3H3,(H,30,33,34)(H2,26,27,28,29). The quantitative estimate of drug-likeness (QED) is 0.303. The lowest BCUT2D eigenvalue weighted by molar-refractivity contribution is 0.249. The van der Waals surface area contributed by atoms with Gasteiger partial charge in [0.15, 0.2) is 5.82 Å². The van der Waals surface area contributed by atoms with Gasteiger partial charge in [-0.25, -0.2) is 13.4 Å². The number of aromatic nitrogens is 2. The Balaban J connectivity index is 1.51. The molecule has 2 aromatic carbocycles. The summed E-state index contributed by atoms with van der Waals surface area (Å²) in [5.41, 5.74) is 2.70. The van der Waals surface area contributed by atoms with Crippen LogP contribution in [-0.2, 0) is 10.9 Å². The predicted molar refractivity (Wildman–Crippen MR) is 146 cm³/mol. The molecule has 0 saturated carbocycles. The van der Waals surface area contributed by atoms with Crippen LogP contribution in [0.15, 0.2) is 48.7 Å².